The summed E-state index contributed by atoms with van der Waals surface area (Å²) in [6.45, 7) is 0. The number of ether oxygens (including phenoxy) is 1. The average Bonchev–Trinajstić information content (AvgIpc) is 2.15. The summed E-state index contributed by atoms with van der Waals surface area (Å²) in [7, 11) is -2.29. The van der Waals surface area contributed by atoms with Gasteiger partial charge in [-0.05, 0) is 12.1 Å². The minimum Gasteiger partial charge on any atom is -0.496 e. The van der Waals surface area contributed by atoms with Crippen LogP contribution in [0.5, 0.6) is 5.75 Å². The molecule has 0 saturated carbocycles. The van der Waals surface area contributed by atoms with Crippen LogP contribution < -0.4 is 4.74 Å². The number of benzene rings is 1. The van der Waals surface area contributed by atoms with Gasteiger partial charge in [0, 0.05) is 6.26 Å². The van der Waals surface area contributed by atoms with E-state index in [2.05, 4.69) is 0 Å². The highest BCUT2D eigenvalue weighted by atomic mass is 32.2. The first kappa shape index (κ1) is 11.5. The fourth-order valence-corrected chi connectivity index (χ4v) is 2.09. The predicted molar refractivity (Wildman–Crippen MR) is 53.1 cm³/mol. The molecule has 1 aromatic rings. The zero-order chi connectivity index (χ0) is 11.6. The molecule has 0 bridgehead atoms. The lowest BCUT2D eigenvalue weighted by Crippen LogP contribution is -2.09. The van der Waals surface area contributed by atoms with Crippen LogP contribution in [0.15, 0.2) is 23.1 Å². The summed E-state index contributed by atoms with van der Waals surface area (Å²) in [6.07, 6.45) is 0.953. The maximum Gasteiger partial charge on any atom is 0.340 e. The van der Waals surface area contributed by atoms with Gasteiger partial charge in [0.05, 0.1) is 12.0 Å². The summed E-state index contributed by atoms with van der Waals surface area (Å²) in [5, 5.41) is 8.90. The van der Waals surface area contributed by atoms with Gasteiger partial charge in [-0.1, -0.05) is 6.07 Å². The van der Waals surface area contributed by atoms with E-state index in [4.69, 9.17) is 9.84 Å². The second-order valence-electron chi connectivity index (χ2n) is 2.91. The van der Waals surface area contributed by atoms with Gasteiger partial charge in [0.25, 0.3) is 0 Å². The van der Waals surface area contributed by atoms with E-state index in [1.807, 2.05) is 0 Å². The molecule has 1 N–H and O–H groups in total. The summed E-state index contributed by atoms with van der Waals surface area (Å²) in [5.41, 5.74) is -0.331. The van der Waals surface area contributed by atoms with Crippen molar-refractivity contribution < 1.29 is 23.1 Å². The molecular formula is C9H10O5S. The first-order chi connectivity index (χ1) is 6.88. The van der Waals surface area contributed by atoms with Gasteiger partial charge in [-0.15, -0.1) is 0 Å². The zero-order valence-corrected chi connectivity index (χ0v) is 9.04. The molecule has 0 amide bonds. The highest BCUT2D eigenvalue weighted by Gasteiger charge is 2.22. The van der Waals surface area contributed by atoms with Crippen LogP contribution in [0.2, 0.25) is 0 Å². The number of aromatic carboxylic acids is 1. The van der Waals surface area contributed by atoms with Crippen LogP contribution in [0.25, 0.3) is 0 Å². The average molecular weight is 230 g/mol. The third kappa shape index (κ3) is 2.27. The van der Waals surface area contributed by atoms with Crippen LogP contribution in [-0.2, 0) is 9.84 Å². The van der Waals surface area contributed by atoms with Crippen molar-refractivity contribution in [2.45, 2.75) is 4.90 Å². The van der Waals surface area contributed by atoms with Crippen LogP contribution in [0, 0.1) is 0 Å². The first-order valence-electron chi connectivity index (χ1n) is 3.98. The minimum atomic E-state index is -3.57. The second-order valence-corrected chi connectivity index (χ2v) is 4.89. The Morgan fingerprint density at radius 1 is 1.40 bits per heavy atom. The molecule has 0 saturated heterocycles. The molecule has 6 heteroatoms. The summed E-state index contributed by atoms with van der Waals surface area (Å²) < 4.78 is 27.4. The zero-order valence-electron chi connectivity index (χ0n) is 8.22. The van der Waals surface area contributed by atoms with Gasteiger partial charge in [-0.2, -0.15) is 0 Å². The normalized spacial score (nSPS) is 11.1. The van der Waals surface area contributed by atoms with Crippen molar-refractivity contribution in [3.8, 4) is 5.75 Å². The van der Waals surface area contributed by atoms with Crippen molar-refractivity contribution in [1.82, 2.24) is 0 Å². The van der Waals surface area contributed by atoms with Crippen molar-refractivity contribution in [2.24, 2.45) is 0 Å². The molecule has 1 aromatic carbocycles. The van der Waals surface area contributed by atoms with Gasteiger partial charge in [-0.3, -0.25) is 0 Å². The lowest BCUT2D eigenvalue weighted by atomic mass is 10.2. The van der Waals surface area contributed by atoms with E-state index in [-0.39, 0.29) is 16.2 Å². The molecule has 0 aliphatic carbocycles. The van der Waals surface area contributed by atoms with E-state index in [0.717, 1.165) is 6.26 Å². The highest BCUT2D eigenvalue weighted by Crippen LogP contribution is 2.25. The van der Waals surface area contributed by atoms with Gasteiger partial charge in [0.1, 0.15) is 11.3 Å². The molecule has 0 unspecified atom stereocenters. The Bertz CT molecular complexity index is 489. The molecule has 82 valence electrons. The number of sulfone groups is 1. The lowest BCUT2D eigenvalue weighted by Gasteiger charge is -2.08. The minimum absolute atomic E-state index is 0.0328. The number of methoxy groups -OCH3 is 1. The molecule has 0 fully saturated rings. The molecule has 0 heterocycles. The topological polar surface area (TPSA) is 80.7 Å². The third-order valence-corrected chi connectivity index (χ3v) is 2.96. The Morgan fingerprint density at radius 2 is 2.00 bits per heavy atom. The van der Waals surface area contributed by atoms with E-state index in [0.29, 0.717) is 0 Å². The van der Waals surface area contributed by atoms with E-state index >= 15 is 0 Å². The largest absolute Gasteiger partial charge is 0.496 e. The Morgan fingerprint density at radius 3 is 2.40 bits per heavy atom. The van der Waals surface area contributed by atoms with Gasteiger partial charge < -0.3 is 9.84 Å². The maximum atomic E-state index is 11.3. The summed E-state index contributed by atoms with van der Waals surface area (Å²) in [4.78, 5) is 10.7. The maximum absolute atomic E-state index is 11.3. The summed E-state index contributed by atoms with van der Waals surface area (Å²) in [6, 6.07) is 4.07. The van der Waals surface area contributed by atoms with E-state index in [9.17, 15) is 13.2 Å². The van der Waals surface area contributed by atoms with E-state index in [1.54, 1.807) is 0 Å². The number of rotatable bonds is 3. The number of carboxylic acids is 1. The molecule has 0 radical (unpaired) electrons. The molecule has 1 rings (SSSR count). The molecule has 0 aliphatic heterocycles. The van der Waals surface area contributed by atoms with E-state index < -0.39 is 15.8 Å². The highest BCUT2D eigenvalue weighted by molar-refractivity contribution is 7.90. The Kier molecular flexibility index (Phi) is 2.99. The monoisotopic (exact) mass is 230 g/mol. The van der Waals surface area contributed by atoms with Crippen LogP contribution in [0.1, 0.15) is 10.4 Å². The van der Waals surface area contributed by atoms with Crippen molar-refractivity contribution >= 4 is 15.8 Å². The molecule has 0 aromatic heterocycles. The Balaban J connectivity index is 3.60. The summed E-state index contributed by atoms with van der Waals surface area (Å²) in [5.74, 6) is -1.29. The first-order valence-corrected chi connectivity index (χ1v) is 5.87. The van der Waals surface area contributed by atoms with Gasteiger partial charge >= 0.3 is 5.97 Å². The van der Waals surface area contributed by atoms with Crippen molar-refractivity contribution in [3.63, 3.8) is 0 Å². The molecule has 15 heavy (non-hydrogen) atoms. The number of hydrogen-bond acceptors (Lipinski definition) is 4. The molecule has 5 nitrogen and oxygen atoms in total. The second kappa shape index (κ2) is 3.90. The van der Waals surface area contributed by atoms with Gasteiger partial charge in [0.2, 0.25) is 0 Å². The van der Waals surface area contributed by atoms with Crippen molar-refractivity contribution in [3.05, 3.63) is 23.8 Å². The smallest absolute Gasteiger partial charge is 0.340 e. The SMILES string of the molecule is COc1cccc(S(C)(=O)=O)c1C(=O)O. The number of hydrogen-bond donors (Lipinski definition) is 1. The predicted octanol–water partition coefficient (Wildman–Crippen LogP) is 0.797. The quantitative estimate of drug-likeness (QED) is 0.830. The fourth-order valence-electron chi connectivity index (χ4n) is 1.20. The molecular weight excluding hydrogens is 220 g/mol. The Hall–Kier alpha value is -1.56. The lowest BCUT2D eigenvalue weighted by molar-refractivity contribution is 0.0689. The van der Waals surface area contributed by atoms with Gasteiger partial charge in [-0.25, -0.2) is 13.2 Å². The molecule has 0 aliphatic rings. The third-order valence-electron chi connectivity index (χ3n) is 1.82. The summed E-state index contributed by atoms with van der Waals surface area (Å²) >= 11 is 0. The number of carboxylic acid groups (broad SMARTS) is 1. The standard InChI is InChI=1S/C9H10O5S/c1-14-6-4-3-5-7(15(2,12)13)8(6)9(10)11/h3-5H,1-2H3,(H,10,11). The van der Waals surface area contributed by atoms with Crippen LogP contribution in [0.3, 0.4) is 0 Å². The van der Waals surface area contributed by atoms with E-state index in [1.165, 1.54) is 25.3 Å². The van der Waals surface area contributed by atoms with Crippen LogP contribution >= 0.6 is 0 Å². The van der Waals surface area contributed by atoms with Crippen molar-refractivity contribution in [2.75, 3.05) is 13.4 Å². The van der Waals surface area contributed by atoms with Crippen molar-refractivity contribution in [1.29, 1.82) is 0 Å². The fraction of sp³-hybridized carbons (Fsp3) is 0.222. The number of carbonyl (C=O) groups is 1. The van der Waals surface area contributed by atoms with Crippen LogP contribution in [0.4, 0.5) is 0 Å². The van der Waals surface area contributed by atoms with Gasteiger partial charge in [0.15, 0.2) is 9.84 Å². The Labute approximate surface area is 87.2 Å². The molecule has 0 spiro atoms. The molecule has 0 atom stereocenters. The van der Waals surface area contributed by atoms with Crippen LogP contribution in [-0.4, -0.2) is 32.9 Å².